The van der Waals surface area contributed by atoms with E-state index in [1.54, 1.807) is 0 Å². The predicted octanol–water partition coefficient (Wildman–Crippen LogP) is 3.88. The summed E-state index contributed by atoms with van der Waals surface area (Å²) in [5, 5.41) is 4.69. The number of nitrogens with one attached hydrogen (secondary N) is 1. The van der Waals surface area contributed by atoms with Crippen LogP contribution in [0.25, 0.3) is 10.9 Å². The van der Waals surface area contributed by atoms with Crippen molar-refractivity contribution in [2.24, 2.45) is 0 Å². The summed E-state index contributed by atoms with van der Waals surface area (Å²) in [6.07, 6.45) is 1.00. The molecule has 0 saturated carbocycles. The Bertz CT molecular complexity index is 537. The van der Waals surface area contributed by atoms with E-state index in [0.29, 0.717) is 0 Å². The van der Waals surface area contributed by atoms with Crippen molar-refractivity contribution in [2.45, 2.75) is 32.7 Å². The lowest BCUT2D eigenvalue weighted by atomic mass is 10.0. The molecule has 0 aliphatic heterocycles. The molecule has 0 aliphatic carbocycles. The lowest BCUT2D eigenvalue weighted by Gasteiger charge is -2.25. The summed E-state index contributed by atoms with van der Waals surface area (Å²) < 4.78 is 0. The van der Waals surface area contributed by atoms with Crippen LogP contribution >= 0.6 is 11.6 Å². The Balaban J connectivity index is 2.53. The van der Waals surface area contributed by atoms with Crippen LogP contribution in [-0.2, 0) is 0 Å². The second-order valence-electron chi connectivity index (χ2n) is 4.72. The monoisotopic (exact) mass is 249 g/mol. The van der Waals surface area contributed by atoms with Crippen LogP contribution in [0, 0.1) is 0 Å². The molecular formula is C13H16ClN3. The van der Waals surface area contributed by atoms with Gasteiger partial charge in [0, 0.05) is 10.9 Å². The van der Waals surface area contributed by atoms with Crippen LogP contribution in [0.15, 0.2) is 24.3 Å². The molecule has 2 rings (SSSR count). The number of aromatic nitrogens is 2. The molecule has 1 aromatic carbocycles. The quantitative estimate of drug-likeness (QED) is 0.839. The molecule has 1 heterocycles. The van der Waals surface area contributed by atoms with Gasteiger partial charge in [0.15, 0.2) is 0 Å². The second-order valence-corrected chi connectivity index (χ2v) is 5.06. The molecule has 0 spiro atoms. The number of anilines is 1. The molecule has 1 aromatic heterocycles. The fraction of sp³-hybridized carbons (Fsp3) is 0.385. The van der Waals surface area contributed by atoms with Gasteiger partial charge in [-0.25, -0.2) is 9.97 Å². The average molecular weight is 250 g/mol. The Morgan fingerprint density at radius 1 is 1.24 bits per heavy atom. The van der Waals surface area contributed by atoms with E-state index in [0.717, 1.165) is 23.1 Å². The highest BCUT2D eigenvalue weighted by molar-refractivity contribution is 6.28. The minimum Gasteiger partial charge on any atom is -0.365 e. The highest BCUT2D eigenvalue weighted by atomic mass is 35.5. The van der Waals surface area contributed by atoms with E-state index in [1.165, 1.54) is 0 Å². The largest absolute Gasteiger partial charge is 0.365 e. The highest BCUT2D eigenvalue weighted by Crippen LogP contribution is 2.25. The number of hydrogen-bond acceptors (Lipinski definition) is 3. The summed E-state index contributed by atoms with van der Waals surface area (Å²) in [4.78, 5) is 8.48. The van der Waals surface area contributed by atoms with Gasteiger partial charge < -0.3 is 5.32 Å². The lowest BCUT2D eigenvalue weighted by molar-refractivity contribution is 0.545. The maximum Gasteiger partial charge on any atom is 0.224 e. The van der Waals surface area contributed by atoms with E-state index < -0.39 is 0 Å². The fourth-order valence-electron chi connectivity index (χ4n) is 1.55. The van der Waals surface area contributed by atoms with Gasteiger partial charge in [-0.15, -0.1) is 0 Å². The number of rotatable bonds is 3. The van der Waals surface area contributed by atoms with Crippen molar-refractivity contribution in [1.29, 1.82) is 0 Å². The summed E-state index contributed by atoms with van der Waals surface area (Å²) in [6.45, 7) is 6.41. The summed E-state index contributed by atoms with van der Waals surface area (Å²) in [7, 11) is 0. The van der Waals surface area contributed by atoms with Gasteiger partial charge in [-0.2, -0.15) is 0 Å². The van der Waals surface area contributed by atoms with E-state index in [-0.39, 0.29) is 10.8 Å². The van der Waals surface area contributed by atoms with Crippen molar-refractivity contribution in [3.63, 3.8) is 0 Å². The van der Waals surface area contributed by atoms with Gasteiger partial charge in [0.2, 0.25) is 5.28 Å². The Morgan fingerprint density at radius 2 is 1.94 bits per heavy atom. The Hall–Kier alpha value is -1.35. The Morgan fingerprint density at radius 3 is 2.65 bits per heavy atom. The molecule has 0 unspecified atom stereocenters. The smallest absolute Gasteiger partial charge is 0.224 e. The van der Waals surface area contributed by atoms with Gasteiger partial charge in [0.1, 0.15) is 5.82 Å². The lowest BCUT2D eigenvalue weighted by Crippen LogP contribution is -2.30. The number of benzene rings is 1. The molecule has 4 heteroatoms. The van der Waals surface area contributed by atoms with E-state index in [4.69, 9.17) is 11.6 Å². The third kappa shape index (κ3) is 2.67. The van der Waals surface area contributed by atoms with Crippen LogP contribution in [0.1, 0.15) is 27.2 Å². The van der Waals surface area contributed by atoms with Gasteiger partial charge in [-0.05, 0) is 44.0 Å². The van der Waals surface area contributed by atoms with Crippen LogP contribution < -0.4 is 5.32 Å². The van der Waals surface area contributed by atoms with E-state index in [1.807, 2.05) is 24.3 Å². The van der Waals surface area contributed by atoms with E-state index >= 15 is 0 Å². The molecule has 0 atom stereocenters. The molecule has 0 saturated heterocycles. The highest BCUT2D eigenvalue weighted by Gasteiger charge is 2.17. The van der Waals surface area contributed by atoms with Gasteiger partial charge in [-0.1, -0.05) is 19.1 Å². The molecule has 3 nitrogen and oxygen atoms in total. The van der Waals surface area contributed by atoms with Crippen molar-refractivity contribution in [1.82, 2.24) is 9.97 Å². The Kier molecular flexibility index (Phi) is 3.20. The van der Waals surface area contributed by atoms with Crippen LogP contribution in [0.3, 0.4) is 0 Å². The molecule has 0 bridgehead atoms. The molecular weight excluding hydrogens is 234 g/mol. The first-order valence-corrected chi connectivity index (χ1v) is 6.10. The van der Waals surface area contributed by atoms with Gasteiger partial charge in [-0.3, -0.25) is 0 Å². The molecule has 0 aliphatic rings. The first-order valence-electron chi connectivity index (χ1n) is 5.72. The van der Waals surface area contributed by atoms with Gasteiger partial charge in [0.05, 0.1) is 5.52 Å². The second kappa shape index (κ2) is 4.49. The first kappa shape index (κ1) is 12.1. The maximum atomic E-state index is 5.93. The maximum absolute atomic E-state index is 5.93. The molecule has 0 amide bonds. The van der Waals surface area contributed by atoms with E-state index in [9.17, 15) is 0 Å². The van der Waals surface area contributed by atoms with Crippen LogP contribution in [0.5, 0.6) is 0 Å². The average Bonchev–Trinajstić information content (AvgIpc) is 2.28. The van der Waals surface area contributed by atoms with E-state index in [2.05, 4.69) is 36.1 Å². The zero-order valence-electron chi connectivity index (χ0n) is 10.3. The van der Waals surface area contributed by atoms with Crippen molar-refractivity contribution < 1.29 is 0 Å². The zero-order chi connectivity index (χ0) is 12.5. The van der Waals surface area contributed by atoms with Crippen molar-refractivity contribution in [3.05, 3.63) is 29.5 Å². The summed E-state index contributed by atoms with van der Waals surface area (Å²) in [6, 6.07) is 7.86. The molecule has 90 valence electrons. The number of nitrogens with zero attached hydrogens (tertiary/aromatic N) is 2. The van der Waals surface area contributed by atoms with Crippen molar-refractivity contribution in [3.8, 4) is 0 Å². The van der Waals surface area contributed by atoms with Crippen LogP contribution in [-0.4, -0.2) is 15.5 Å². The summed E-state index contributed by atoms with van der Waals surface area (Å²) in [5.74, 6) is 0.799. The number of halogens is 1. The standard InChI is InChI=1S/C13H16ClN3/c1-4-13(2,3)17-11-9-7-5-6-8-10(9)15-12(14)16-11/h5-8H,4H2,1-3H3,(H,15,16,17). The SMILES string of the molecule is CCC(C)(C)Nc1nc(Cl)nc2ccccc12. The third-order valence-corrected chi connectivity index (χ3v) is 3.09. The fourth-order valence-corrected chi connectivity index (χ4v) is 1.73. The molecule has 2 aromatic rings. The number of para-hydroxylation sites is 1. The van der Waals surface area contributed by atoms with Crippen LogP contribution in [0.2, 0.25) is 5.28 Å². The summed E-state index contributed by atoms with van der Waals surface area (Å²) >= 11 is 5.93. The molecule has 1 N–H and O–H groups in total. The molecule has 17 heavy (non-hydrogen) atoms. The topological polar surface area (TPSA) is 37.8 Å². The first-order chi connectivity index (χ1) is 8.02. The molecule has 0 radical (unpaired) electrons. The zero-order valence-corrected chi connectivity index (χ0v) is 11.0. The van der Waals surface area contributed by atoms with Crippen LogP contribution in [0.4, 0.5) is 5.82 Å². The molecule has 0 fully saturated rings. The number of hydrogen-bond donors (Lipinski definition) is 1. The minimum absolute atomic E-state index is 0.0134. The minimum atomic E-state index is -0.0134. The third-order valence-electron chi connectivity index (χ3n) is 2.92. The number of fused-ring (bicyclic) bond motifs is 1. The normalized spacial score (nSPS) is 11.8. The van der Waals surface area contributed by atoms with Gasteiger partial charge >= 0.3 is 0 Å². The summed E-state index contributed by atoms with van der Waals surface area (Å²) in [5.41, 5.74) is 0.849. The van der Waals surface area contributed by atoms with Crippen molar-refractivity contribution >= 4 is 28.3 Å². The predicted molar refractivity (Wildman–Crippen MR) is 72.5 cm³/mol. The van der Waals surface area contributed by atoms with Gasteiger partial charge in [0.25, 0.3) is 0 Å². The van der Waals surface area contributed by atoms with Crippen molar-refractivity contribution in [2.75, 3.05) is 5.32 Å². The Labute approximate surface area is 106 Å².